The van der Waals surface area contributed by atoms with Gasteiger partial charge in [0.2, 0.25) is 5.95 Å². The third kappa shape index (κ3) is 3.27. The van der Waals surface area contributed by atoms with Gasteiger partial charge < -0.3 is 15.2 Å². The van der Waals surface area contributed by atoms with Crippen LogP contribution < -0.4 is 5.32 Å². The molecule has 3 atom stereocenters. The van der Waals surface area contributed by atoms with E-state index in [2.05, 4.69) is 41.2 Å². The van der Waals surface area contributed by atoms with Crippen LogP contribution in [0.15, 0.2) is 6.20 Å². The minimum Gasteiger partial charge on any atom is -0.389 e. The molecule has 0 aliphatic carbocycles. The summed E-state index contributed by atoms with van der Waals surface area (Å²) in [5.74, 6) is 1.90. The topological polar surface area (TPSA) is 84.6 Å². The zero-order valence-electron chi connectivity index (χ0n) is 13.5. The number of hydrogen-bond acceptors (Lipinski definition) is 6. The Bertz CT molecular complexity index is 690. The number of hydrogen-bond donors (Lipinski definition) is 2. The van der Waals surface area contributed by atoms with E-state index in [0.29, 0.717) is 42.2 Å². The molecule has 0 bridgehead atoms. The lowest BCUT2D eigenvalue weighted by atomic mass is 9.98. The minimum absolute atomic E-state index is 0.119. The number of anilines is 1. The van der Waals surface area contributed by atoms with E-state index in [4.69, 9.17) is 16.3 Å². The fraction of sp³-hybridized carbons (Fsp3) is 0.667. The number of ether oxygens (including phenoxy) is 1. The predicted molar refractivity (Wildman–Crippen MR) is 87.9 cm³/mol. The van der Waals surface area contributed by atoms with Crippen molar-refractivity contribution in [2.75, 3.05) is 18.5 Å². The highest BCUT2D eigenvalue weighted by atomic mass is 35.5. The fourth-order valence-corrected chi connectivity index (χ4v) is 2.80. The van der Waals surface area contributed by atoms with E-state index in [1.807, 2.05) is 0 Å². The molecule has 1 unspecified atom stereocenters. The maximum absolute atomic E-state index is 9.98. The normalized spacial score (nSPS) is 23.4. The van der Waals surface area contributed by atoms with E-state index in [9.17, 15) is 5.11 Å². The third-order valence-electron chi connectivity index (χ3n) is 4.42. The summed E-state index contributed by atoms with van der Waals surface area (Å²) in [6.07, 6.45) is 1.80. The van der Waals surface area contributed by atoms with Crippen LogP contribution >= 0.6 is 11.6 Å². The summed E-state index contributed by atoms with van der Waals surface area (Å²) in [5, 5.41) is 18.1. The first-order valence-corrected chi connectivity index (χ1v) is 8.28. The third-order valence-corrected chi connectivity index (χ3v) is 4.70. The van der Waals surface area contributed by atoms with E-state index in [-0.39, 0.29) is 12.0 Å². The Morgan fingerprint density at radius 2 is 2.22 bits per heavy atom. The first kappa shape index (κ1) is 16.4. The first-order chi connectivity index (χ1) is 11.0. The number of fused-ring (bicyclic) bond motifs is 1. The molecular formula is C15H22ClN5O2. The maximum Gasteiger partial charge on any atom is 0.241 e. The Kier molecular flexibility index (Phi) is 4.70. The summed E-state index contributed by atoms with van der Waals surface area (Å²) in [6, 6.07) is -0.119. The smallest absolute Gasteiger partial charge is 0.241 e. The lowest BCUT2D eigenvalue weighted by molar-refractivity contribution is -0.0136. The molecule has 2 aromatic heterocycles. The van der Waals surface area contributed by atoms with Gasteiger partial charge in [0.15, 0.2) is 5.15 Å². The highest BCUT2D eigenvalue weighted by molar-refractivity contribution is 6.32. The van der Waals surface area contributed by atoms with Crippen LogP contribution in [0.3, 0.4) is 0 Å². The lowest BCUT2D eigenvalue weighted by Gasteiger charge is -2.28. The molecular weight excluding hydrogens is 318 g/mol. The zero-order valence-corrected chi connectivity index (χ0v) is 14.3. The van der Waals surface area contributed by atoms with Crippen molar-refractivity contribution in [1.82, 2.24) is 19.6 Å². The standard InChI is InChI=1S/C15H22ClN5O2/c1-8(2)9(3)14-19-13(16)11-6-17-15(20-21(11)14)18-10-4-5-23-7-12(10)22/h6,8-10,12,22H,4-5,7H2,1-3H3,(H,18,20)/t9?,10-,12+/m0/s1. The van der Waals surface area contributed by atoms with Crippen molar-refractivity contribution in [3.05, 3.63) is 17.2 Å². The van der Waals surface area contributed by atoms with Crippen LogP contribution in [-0.4, -0.2) is 50.0 Å². The molecule has 2 N–H and O–H groups in total. The molecule has 1 aliphatic heterocycles. The lowest BCUT2D eigenvalue weighted by Crippen LogP contribution is -2.42. The van der Waals surface area contributed by atoms with Gasteiger partial charge >= 0.3 is 0 Å². The van der Waals surface area contributed by atoms with E-state index in [0.717, 1.165) is 5.82 Å². The number of aliphatic hydroxyl groups is 1. The Labute approximate surface area is 140 Å². The highest BCUT2D eigenvalue weighted by Crippen LogP contribution is 2.27. The zero-order chi connectivity index (χ0) is 16.6. The summed E-state index contributed by atoms with van der Waals surface area (Å²) >= 11 is 6.21. The quantitative estimate of drug-likeness (QED) is 0.887. The second kappa shape index (κ2) is 6.59. The summed E-state index contributed by atoms with van der Waals surface area (Å²) in [5.41, 5.74) is 0.687. The SMILES string of the molecule is CC(C)C(C)c1nc(Cl)c2cnc(N[C@H]3CCOC[C@H]3O)nn12. The predicted octanol–water partition coefficient (Wildman–Crippen LogP) is 2.10. The van der Waals surface area contributed by atoms with Crippen molar-refractivity contribution in [2.45, 2.75) is 45.3 Å². The number of aliphatic hydroxyl groups excluding tert-OH is 1. The van der Waals surface area contributed by atoms with Gasteiger partial charge in [0.25, 0.3) is 0 Å². The van der Waals surface area contributed by atoms with Crippen molar-refractivity contribution < 1.29 is 9.84 Å². The molecule has 0 spiro atoms. The minimum atomic E-state index is -0.566. The van der Waals surface area contributed by atoms with Crippen LogP contribution in [0, 0.1) is 5.92 Å². The highest BCUT2D eigenvalue weighted by Gasteiger charge is 2.25. The largest absolute Gasteiger partial charge is 0.389 e. The van der Waals surface area contributed by atoms with Crippen molar-refractivity contribution in [1.29, 1.82) is 0 Å². The fourth-order valence-electron chi connectivity index (χ4n) is 2.59. The van der Waals surface area contributed by atoms with Gasteiger partial charge in [0.1, 0.15) is 11.3 Å². The van der Waals surface area contributed by atoms with Gasteiger partial charge in [-0.05, 0) is 12.3 Å². The first-order valence-electron chi connectivity index (χ1n) is 7.91. The molecule has 8 heteroatoms. The summed E-state index contributed by atoms with van der Waals surface area (Å²) in [4.78, 5) is 8.74. The van der Waals surface area contributed by atoms with Crippen LogP contribution in [0.2, 0.25) is 5.15 Å². The second-order valence-electron chi connectivity index (χ2n) is 6.35. The molecule has 3 heterocycles. The molecule has 0 aromatic carbocycles. The van der Waals surface area contributed by atoms with Crippen molar-refractivity contribution in [2.24, 2.45) is 5.92 Å². The Hall–Kier alpha value is -1.44. The van der Waals surface area contributed by atoms with Crippen molar-refractivity contribution in [3.63, 3.8) is 0 Å². The number of halogens is 1. The molecule has 1 saturated heterocycles. The van der Waals surface area contributed by atoms with Gasteiger partial charge in [0.05, 0.1) is 24.9 Å². The second-order valence-corrected chi connectivity index (χ2v) is 6.71. The molecule has 7 nitrogen and oxygen atoms in total. The van der Waals surface area contributed by atoms with Gasteiger partial charge in [-0.15, -0.1) is 5.10 Å². The van der Waals surface area contributed by atoms with Gasteiger partial charge in [0, 0.05) is 12.5 Å². The molecule has 0 saturated carbocycles. The summed E-state index contributed by atoms with van der Waals surface area (Å²) in [7, 11) is 0. The molecule has 0 amide bonds. The monoisotopic (exact) mass is 339 g/mol. The van der Waals surface area contributed by atoms with Crippen molar-refractivity contribution >= 4 is 23.1 Å². The van der Waals surface area contributed by atoms with Crippen LogP contribution in [0.4, 0.5) is 5.95 Å². The molecule has 23 heavy (non-hydrogen) atoms. The molecule has 3 rings (SSSR count). The van der Waals surface area contributed by atoms with E-state index in [1.54, 1.807) is 10.7 Å². The van der Waals surface area contributed by atoms with Crippen LogP contribution in [-0.2, 0) is 4.74 Å². The molecule has 1 aliphatic rings. The Balaban J connectivity index is 1.92. The van der Waals surface area contributed by atoms with Crippen molar-refractivity contribution in [3.8, 4) is 0 Å². The van der Waals surface area contributed by atoms with Crippen LogP contribution in [0.1, 0.15) is 38.9 Å². The van der Waals surface area contributed by atoms with E-state index >= 15 is 0 Å². The van der Waals surface area contributed by atoms with Gasteiger partial charge in [-0.25, -0.2) is 14.5 Å². The average Bonchev–Trinajstić information content (AvgIpc) is 2.85. The Morgan fingerprint density at radius 1 is 1.43 bits per heavy atom. The number of nitrogens with zero attached hydrogens (tertiary/aromatic N) is 4. The average molecular weight is 340 g/mol. The Morgan fingerprint density at radius 3 is 2.91 bits per heavy atom. The number of nitrogens with one attached hydrogen (secondary N) is 1. The number of rotatable bonds is 4. The van der Waals surface area contributed by atoms with E-state index < -0.39 is 6.10 Å². The summed E-state index contributed by atoms with van der Waals surface area (Å²) < 4.78 is 6.98. The molecule has 1 fully saturated rings. The van der Waals surface area contributed by atoms with Gasteiger partial charge in [-0.2, -0.15) is 0 Å². The van der Waals surface area contributed by atoms with E-state index in [1.165, 1.54) is 0 Å². The van der Waals surface area contributed by atoms with Gasteiger partial charge in [-0.1, -0.05) is 32.4 Å². The molecule has 0 radical (unpaired) electrons. The molecule has 2 aromatic rings. The number of imidazole rings is 1. The maximum atomic E-state index is 9.98. The van der Waals surface area contributed by atoms with Crippen LogP contribution in [0.25, 0.3) is 5.52 Å². The van der Waals surface area contributed by atoms with Gasteiger partial charge in [-0.3, -0.25) is 0 Å². The summed E-state index contributed by atoms with van der Waals surface area (Å²) in [6.45, 7) is 7.32. The number of aromatic nitrogens is 4. The molecule has 126 valence electrons. The van der Waals surface area contributed by atoms with Crippen LogP contribution in [0.5, 0.6) is 0 Å².